The van der Waals surface area contributed by atoms with Crippen LogP contribution in [-0.2, 0) is 19.4 Å². The van der Waals surface area contributed by atoms with Crippen molar-refractivity contribution in [2.24, 2.45) is 0 Å². The van der Waals surface area contributed by atoms with Crippen LogP contribution in [0, 0.1) is 0 Å². The number of carbonyl (C=O) groups excluding carboxylic acids is 1. The Labute approximate surface area is 107 Å². The van der Waals surface area contributed by atoms with Crippen LogP contribution in [0.15, 0.2) is 0 Å². The molecule has 1 atom stereocenters. The highest BCUT2D eigenvalue weighted by Gasteiger charge is 2.33. The molecule has 0 radical (unpaired) electrons. The first-order valence-corrected chi connectivity index (χ1v) is 7.78. The zero-order chi connectivity index (χ0) is 13.8. The summed E-state index contributed by atoms with van der Waals surface area (Å²) in [5.74, 6) is -2.89. The number of hydrogen-bond acceptors (Lipinski definition) is 4. The second-order valence-electron chi connectivity index (χ2n) is 4.58. The predicted octanol–water partition coefficient (Wildman–Crippen LogP) is 0.277. The van der Waals surface area contributed by atoms with Crippen LogP contribution in [0.25, 0.3) is 0 Å². The van der Waals surface area contributed by atoms with Crippen molar-refractivity contribution in [3.8, 4) is 0 Å². The van der Waals surface area contributed by atoms with Gasteiger partial charge in [0.25, 0.3) is 0 Å². The summed E-state index contributed by atoms with van der Waals surface area (Å²) in [5.41, 5.74) is 0. The number of likely N-dealkylation sites (tertiary alicyclic amines) is 1. The van der Waals surface area contributed by atoms with Crippen LogP contribution in [0.2, 0.25) is 0 Å². The van der Waals surface area contributed by atoms with Crippen molar-refractivity contribution >= 4 is 21.7 Å². The maximum atomic E-state index is 12.0. The van der Waals surface area contributed by atoms with Crippen LogP contribution in [0.1, 0.15) is 32.6 Å². The van der Waals surface area contributed by atoms with Crippen LogP contribution in [0.3, 0.4) is 0 Å². The molecule has 6 nitrogen and oxygen atoms in total. The molecule has 0 bridgehead atoms. The molecule has 1 amide bonds. The van der Waals surface area contributed by atoms with Gasteiger partial charge in [-0.1, -0.05) is 12.8 Å². The summed E-state index contributed by atoms with van der Waals surface area (Å²) >= 11 is 0. The summed E-state index contributed by atoms with van der Waals surface area (Å²) < 4.78 is 23.4. The van der Waals surface area contributed by atoms with E-state index >= 15 is 0 Å². The molecule has 1 aliphatic heterocycles. The summed E-state index contributed by atoms with van der Waals surface area (Å²) in [4.78, 5) is 24.0. The molecule has 104 valence electrons. The highest BCUT2D eigenvalue weighted by molar-refractivity contribution is 7.93. The molecule has 0 aromatic carbocycles. The van der Waals surface area contributed by atoms with Gasteiger partial charge in [0.05, 0.1) is 0 Å². The lowest BCUT2D eigenvalue weighted by Crippen LogP contribution is -2.43. The minimum absolute atomic E-state index is 0.474. The van der Waals surface area contributed by atoms with E-state index in [1.807, 2.05) is 0 Å². The van der Waals surface area contributed by atoms with E-state index in [0.29, 0.717) is 13.1 Å². The molecule has 7 heteroatoms. The number of carboxylic acid groups (broad SMARTS) is 1. The smallest absolute Gasteiger partial charge is 0.318 e. The van der Waals surface area contributed by atoms with Gasteiger partial charge in [-0.15, -0.1) is 0 Å². The van der Waals surface area contributed by atoms with Crippen molar-refractivity contribution in [3.05, 3.63) is 0 Å². The van der Waals surface area contributed by atoms with Gasteiger partial charge in [-0.2, -0.15) is 0 Å². The molecule has 1 saturated heterocycles. The Kier molecular flexibility index (Phi) is 5.13. The standard InChI is InChI=1S/C11H19NO5S/c1-9(18(16,17)8-10(13)14)11(15)12-6-4-2-3-5-7-12/h9H,2-8H2,1H3,(H,13,14). The number of carbonyl (C=O) groups is 2. The molecule has 0 aliphatic carbocycles. The van der Waals surface area contributed by atoms with Crippen molar-refractivity contribution in [1.82, 2.24) is 4.90 Å². The first kappa shape index (κ1) is 14.9. The molecule has 1 rings (SSSR count). The van der Waals surface area contributed by atoms with E-state index in [2.05, 4.69) is 0 Å². The fraction of sp³-hybridized carbons (Fsp3) is 0.818. The number of aliphatic carboxylic acids is 1. The van der Waals surface area contributed by atoms with Crippen LogP contribution in [-0.4, -0.2) is 54.4 Å². The van der Waals surface area contributed by atoms with Crippen LogP contribution in [0.5, 0.6) is 0 Å². The Morgan fingerprint density at radius 2 is 1.67 bits per heavy atom. The molecule has 18 heavy (non-hydrogen) atoms. The number of nitrogens with zero attached hydrogens (tertiary/aromatic N) is 1. The Balaban J connectivity index is 2.73. The lowest BCUT2D eigenvalue weighted by atomic mass is 10.2. The SMILES string of the molecule is CC(C(=O)N1CCCCCC1)S(=O)(=O)CC(=O)O. The monoisotopic (exact) mass is 277 g/mol. The lowest BCUT2D eigenvalue weighted by molar-refractivity contribution is -0.134. The Morgan fingerprint density at radius 1 is 1.17 bits per heavy atom. The molecule has 0 spiro atoms. The van der Waals surface area contributed by atoms with Gasteiger partial charge < -0.3 is 10.0 Å². The summed E-state index contributed by atoms with van der Waals surface area (Å²) in [5, 5.41) is 7.26. The molecule has 1 fully saturated rings. The highest BCUT2D eigenvalue weighted by Crippen LogP contribution is 2.13. The Hall–Kier alpha value is -1.11. The fourth-order valence-electron chi connectivity index (χ4n) is 2.00. The van der Waals surface area contributed by atoms with E-state index in [1.165, 1.54) is 11.8 Å². The van der Waals surface area contributed by atoms with Crippen molar-refractivity contribution in [2.75, 3.05) is 18.8 Å². The molecule has 1 N–H and O–H groups in total. The third-order valence-electron chi connectivity index (χ3n) is 3.13. The summed E-state index contributed by atoms with van der Waals surface area (Å²) in [6.07, 6.45) is 3.83. The van der Waals surface area contributed by atoms with Crippen molar-refractivity contribution < 1.29 is 23.1 Å². The lowest BCUT2D eigenvalue weighted by Gasteiger charge is -2.23. The first-order chi connectivity index (χ1) is 8.34. The maximum Gasteiger partial charge on any atom is 0.318 e. The molecule has 0 aromatic rings. The number of carboxylic acids is 1. The molecular weight excluding hydrogens is 258 g/mol. The van der Waals surface area contributed by atoms with E-state index in [9.17, 15) is 18.0 Å². The Morgan fingerprint density at radius 3 is 2.11 bits per heavy atom. The second-order valence-corrected chi connectivity index (χ2v) is 6.90. The zero-order valence-corrected chi connectivity index (χ0v) is 11.3. The van der Waals surface area contributed by atoms with Crippen LogP contribution >= 0.6 is 0 Å². The average molecular weight is 277 g/mol. The normalized spacial score (nSPS) is 19.1. The predicted molar refractivity (Wildman–Crippen MR) is 65.9 cm³/mol. The molecule has 1 heterocycles. The molecule has 1 aliphatic rings. The number of amides is 1. The third-order valence-corrected chi connectivity index (χ3v) is 5.06. The molecule has 0 saturated carbocycles. The molecule has 0 aromatic heterocycles. The van der Waals surface area contributed by atoms with Crippen molar-refractivity contribution in [1.29, 1.82) is 0 Å². The first-order valence-electron chi connectivity index (χ1n) is 6.07. The van der Waals surface area contributed by atoms with Crippen molar-refractivity contribution in [3.63, 3.8) is 0 Å². The van der Waals surface area contributed by atoms with Crippen LogP contribution < -0.4 is 0 Å². The van der Waals surface area contributed by atoms with Gasteiger partial charge in [0.2, 0.25) is 5.91 Å². The van der Waals surface area contributed by atoms with Gasteiger partial charge in [0.1, 0.15) is 11.0 Å². The minimum Gasteiger partial charge on any atom is -0.480 e. The van der Waals surface area contributed by atoms with Gasteiger partial charge in [0, 0.05) is 13.1 Å². The van der Waals surface area contributed by atoms with E-state index in [1.54, 1.807) is 0 Å². The van der Waals surface area contributed by atoms with E-state index in [0.717, 1.165) is 25.7 Å². The average Bonchev–Trinajstić information content (AvgIpc) is 2.53. The number of rotatable bonds is 4. The van der Waals surface area contributed by atoms with Gasteiger partial charge in [-0.05, 0) is 19.8 Å². The highest BCUT2D eigenvalue weighted by atomic mass is 32.2. The van der Waals surface area contributed by atoms with Crippen LogP contribution in [0.4, 0.5) is 0 Å². The topological polar surface area (TPSA) is 91.8 Å². The largest absolute Gasteiger partial charge is 0.480 e. The summed E-state index contributed by atoms with van der Waals surface area (Å²) in [6.45, 7) is 2.39. The van der Waals surface area contributed by atoms with E-state index in [-0.39, 0.29) is 0 Å². The minimum atomic E-state index is -3.91. The van der Waals surface area contributed by atoms with E-state index in [4.69, 9.17) is 5.11 Å². The Bertz CT molecular complexity index is 409. The number of sulfone groups is 1. The maximum absolute atomic E-state index is 12.0. The second kappa shape index (κ2) is 6.17. The summed E-state index contributed by atoms with van der Waals surface area (Å²) in [7, 11) is -3.91. The van der Waals surface area contributed by atoms with Gasteiger partial charge in [-0.25, -0.2) is 8.42 Å². The zero-order valence-electron chi connectivity index (χ0n) is 10.5. The molecule has 1 unspecified atom stereocenters. The summed E-state index contributed by atoms with van der Waals surface area (Å²) in [6, 6.07) is 0. The van der Waals surface area contributed by atoms with Gasteiger partial charge >= 0.3 is 5.97 Å². The van der Waals surface area contributed by atoms with Crippen molar-refractivity contribution in [2.45, 2.75) is 37.9 Å². The van der Waals surface area contributed by atoms with Gasteiger partial charge in [0.15, 0.2) is 9.84 Å². The quantitative estimate of drug-likeness (QED) is 0.796. The third kappa shape index (κ3) is 3.97. The molecular formula is C11H19NO5S. The van der Waals surface area contributed by atoms with E-state index < -0.39 is 32.7 Å². The fourth-order valence-corrected chi connectivity index (χ4v) is 3.05. The number of hydrogen-bond donors (Lipinski definition) is 1. The van der Waals surface area contributed by atoms with Gasteiger partial charge in [-0.3, -0.25) is 9.59 Å².